The first-order chi connectivity index (χ1) is 7.47. The van der Waals surface area contributed by atoms with Gasteiger partial charge < -0.3 is 21.3 Å². The third-order valence-corrected chi connectivity index (χ3v) is 2.34. The van der Waals surface area contributed by atoms with E-state index in [9.17, 15) is 5.11 Å². The molecular formula is C10H20N4O2. The topological polar surface area (TPSA) is 96.3 Å². The molecule has 16 heavy (non-hydrogen) atoms. The Morgan fingerprint density at radius 3 is 2.62 bits per heavy atom. The van der Waals surface area contributed by atoms with E-state index in [2.05, 4.69) is 10.4 Å². The molecule has 6 nitrogen and oxygen atoms in total. The molecule has 92 valence electrons. The van der Waals surface area contributed by atoms with E-state index < -0.39 is 6.10 Å². The lowest BCUT2D eigenvalue weighted by Gasteiger charge is -2.15. The molecule has 1 aromatic heterocycles. The summed E-state index contributed by atoms with van der Waals surface area (Å²) >= 11 is 0. The largest absolute Gasteiger partial charge is 0.394 e. The zero-order valence-electron chi connectivity index (χ0n) is 9.94. The molecule has 0 saturated carbocycles. The molecule has 0 bridgehead atoms. The summed E-state index contributed by atoms with van der Waals surface area (Å²) in [7, 11) is 0. The van der Waals surface area contributed by atoms with E-state index in [0.29, 0.717) is 11.5 Å². The predicted molar refractivity (Wildman–Crippen MR) is 63.3 cm³/mol. The number of nitrogen functional groups attached to an aromatic ring is 1. The van der Waals surface area contributed by atoms with E-state index in [-0.39, 0.29) is 19.2 Å². The fraction of sp³-hybridized carbons (Fsp3) is 0.700. The van der Waals surface area contributed by atoms with Crippen LogP contribution >= 0.6 is 0 Å². The summed E-state index contributed by atoms with van der Waals surface area (Å²) in [6, 6.07) is 0.185. The summed E-state index contributed by atoms with van der Waals surface area (Å²) in [6.07, 6.45) is -0.796. The molecule has 0 aliphatic rings. The first-order valence-corrected chi connectivity index (χ1v) is 5.34. The van der Waals surface area contributed by atoms with Crippen molar-refractivity contribution in [3.63, 3.8) is 0 Å². The highest BCUT2D eigenvalue weighted by atomic mass is 16.3. The van der Waals surface area contributed by atoms with E-state index in [1.54, 1.807) is 4.68 Å². The van der Waals surface area contributed by atoms with Crippen LogP contribution < -0.4 is 11.1 Å². The first kappa shape index (κ1) is 12.8. The molecular weight excluding hydrogens is 208 g/mol. The SMILES string of the molecule is Cc1nn(C(C)C)c(NCC(O)CO)c1N. The number of aryl methyl sites for hydroxylation is 1. The summed E-state index contributed by atoms with van der Waals surface area (Å²) in [5, 5.41) is 25.3. The van der Waals surface area contributed by atoms with Crippen molar-refractivity contribution in [2.24, 2.45) is 0 Å². The molecule has 5 N–H and O–H groups in total. The molecule has 6 heteroatoms. The van der Waals surface area contributed by atoms with Gasteiger partial charge in [-0.2, -0.15) is 5.10 Å². The maximum absolute atomic E-state index is 9.26. The summed E-state index contributed by atoms with van der Waals surface area (Å²) < 4.78 is 1.77. The van der Waals surface area contributed by atoms with Crippen molar-refractivity contribution in [3.8, 4) is 0 Å². The maximum Gasteiger partial charge on any atom is 0.148 e. The van der Waals surface area contributed by atoms with Crippen molar-refractivity contribution in [2.45, 2.75) is 32.9 Å². The van der Waals surface area contributed by atoms with Gasteiger partial charge in [0.15, 0.2) is 0 Å². The molecule has 0 aliphatic carbocycles. The summed E-state index contributed by atoms with van der Waals surface area (Å²) in [6.45, 7) is 5.81. The second-order valence-corrected chi connectivity index (χ2v) is 4.10. The van der Waals surface area contributed by atoms with Gasteiger partial charge in [-0.05, 0) is 20.8 Å². The quantitative estimate of drug-likeness (QED) is 0.574. The molecule has 0 aromatic carbocycles. The van der Waals surface area contributed by atoms with Crippen LogP contribution in [0.5, 0.6) is 0 Å². The molecule has 0 saturated heterocycles. The van der Waals surface area contributed by atoms with Gasteiger partial charge in [0, 0.05) is 12.6 Å². The van der Waals surface area contributed by atoms with Crippen molar-refractivity contribution >= 4 is 11.5 Å². The average molecular weight is 228 g/mol. The Labute approximate surface area is 95.1 Å². The fourth-order valence-electron chi connectivity index (χ4n) is 1.39. The molecule has 0 aliphatic heterocycles. The highest BCUT2D eigenvalue weighted by molar-refractivity contribution is 5.64. The summed E-state index contributed by atoms with van der Waals surface area (Å²) in [5.74, 6) is 0.694. The molecule has 1 unspecified atom stereocenters. The number of rotatable bonds is 5. The number of hydrogen-bond acceptors (Lipinski definition) is 5. The minimum Gasteiger partial charge on any atom is -0.394 e. The minimum atomic E-state index is -0.796. The van der Waals surface area contributed by atoms with Crippen LogP contribution in [-0.2, 0) is 0 Å². The van der Waals surface area contributed by atoms with Crippen LogP contribution in [-0.4, -0.2) is 39.2 Å². The van der Waals surface area contributed by atoms with E-state index in [1.165, 1.54) is 0 Å². The van der Waals surface area contributed by atoms with Gasteiger partial charge in [0.1, 0.15) is 5.82 Å². The van der Waals surface area contributed by atoms with Crippen LogP contribution in [0, 0.1) is 6.92 Å². The van der Waals surface area contributed by atoms with Gasteiger partial charge in [-0.25, -0.2) is 4.68 Å². The van der Waals surface area contributed by atoms with Crippen molar-refractivity contribution in [2.75, 3.05) is 24.2 Å². The number of nitrogens with one attached hydrogen (secondary N) is 1. The Hall–Kier alpha value is -1.27. The van der Waals surface area contributed by atoms with Crippen molar-refractivity contribution < 1.29 is 10.2 Å². The number of aromatic nitrogens is 2. The van der Waals surface area contributed by atoms with Gasteiger partial charge in [-0.1, -0.05) is 0 Å². The Morgan fingerprint density at radius 1 is 1.50 bits per heavy atom. The smallest absolute Gasteiger partial charge is 0.148 e. The predicted octanol–water partition coefficient (Wildman–Crippen LogP) is 0.120. The van der Waals surface area contributed by atoms with Gasteiger partial charge in [0.05, 0.1) is 24.1 Å². The van der Waals surface area contributed by atoms with E-state index in [1.807, 2.05) is 20.8 Å². The monoisotopic (exact) mass is 228 g/mol. The second-order valence-electron chi connectivity index (χ2n) is 4.10. The van der Waals surface area contributed by atoms with Gasteiger partial charge in [0.2, 0.25) is 0 Å². The Balaban J connectivity index is 2.85. The van der Waals surface area contributed by atoms with Crippen LogP contribution in [0.25, 0.3) is 0 Å². The highest BCUT2D eigenvalue weighted by Gasteiger charge is 2.15. The number of hydrogen-bond donors (Lipinski definition) is 4. The van der Waals surface area contributed by atoms with Crippen LogP contribution in [0.1, 0.15) is 25.6 Å². The fourth-order valence-corrected chi connectivity index (χ4v) is 1.39. The number of aliphatic hydroxyl groups is 2. The number of aliphatic hydroxyl groups excluding tert-OH is 2. The molecule has 1 heterocycles. The van der Waals surface area contributed by atoms with Crippen LogP contribution in [0.3, 0.4) is 0 Å². The maximum atomic E-state index is 9.26. The Kier molecular flexibility index (Phi) is 4.14. The Bertz CT molecular complexity index is 349. The molecule has 1 aromatic rings. The van der Waals surface area contributed by atoms with E-state index in [0.717, 1.165) is 5.69 Å². The lowest BCUT2D eigenvalue weighted by molar-refractivity contribution is 0.105. The summed E-state index contributed by atoms with van der Waals surface area (Å²) in [5.41, 5.74) is 7.22. The third kappa shape index (κ3) is 2.65. The third-order valence-electron chi connectivity index (χ3n) is 2.34. The standard InChI is InChI=1S/C10H20N4O2/c1-6(2)14-10(9(11)7(3)13-14)12-4-8(16)5-15/h6,8,12,15-16H,4-5,11H2,1-3H3. The lowest BCUT2D eigenvalue weighted by atomic mass is 10.3. The number of nitrogens with two attached hydrogens (primary N) is 1. The highest BCUT2D eigenvalue weighted by Crippen LogP contribution is 2.25. The van der Waals surface area contributed by atoms with Crippen molar-refractivity contribution in [1.29, 1.82) is 0 Å². The molecule has 0 radical (unpaired) electrons. The summed E-state index contributed by atoms with van der Waals surface area (Å²) in [4.78, 5) is 0. The van der Waals surface area contributed by atoms with Gasteiger partial charge >= 0.3 is 0 Å². The number of anilines is 2. The van der Waals surface area contributed by atoms with Crippen LogP contribution in [0.4, 0.5) is 11.5 Å². The minimum absolute atomic E-state index is 0.185. The van der Waals surface area contributed by atoms with Crippen LogP contribution in [0.2, 0.25) is 0 Å². The van der Waals surface area contributed by atoms with Gasteiger partial charge in [-0.3, -0.25) is 0 Å². The molecule has 0 spiro atoms. The average Bonchev–Trinajstić information content (AvgIpc) is 2.53. The van der Waals surface area contributed by atoms with E-state index in [4.69, 9.17) is 10.8 Å². The molecule has 1 atom stereocenters. The van der Waals surface area contributed by atoms with Crippen molar-refractivity contribution in [1.82, 2.24) is 9.78 Å². The second kappa shape index (κ2) is 5.18. The normalized spacial score (nSPS) is 13.1. The van der Waals surface area contributed by atoms with Crippen molar-refractivity contribution in [3.05, 3.63) is 5.69 Å². The van der Waals surface area contributed by atoms with E-state index >= 15 is 0 Å². The molecule has 1 rings (SSSR count). The van der Waals surface area contributed by atoms with Crippen LogP contribution in [0.15, 0.2) is 0 Å². The Morgan fingerprint density at radius 2 is 2.12 bits per heavy atom. The van der Waals surface area contributed by atoms with Gasteiger partial charge in [-0.15, -0.1) is 0 Å². The van der Waals surface area contributed by atoms with Gasteiger partial charge in [0.25, 0.3) is 0 Å². The zero-order valence-corrected chi connectivity index (χ0v) is 9.94. The first-order valence-electron chi connectivity index (χ1n) is 5.34. The molecule has 0 amide bonds. The molecule has 0 fully saturated rings. The zero-order chi connectivity index (χ0) is 12.3. The number of nitrogens with zero attached hydrogens (tertiary/aromatic N) is 2. The lowest BCUT2D eigenvalue weighted by Crippen LogP contribution is -2.24.